The fourth-order valence-corrected chi connectivity index (χ4v) is 5.37. The van der Waals surface area contributed by atoms with Gasteiger partial charge in [0.15, 0.2) is 0 Å². The number of amides is 4. The third kappa shape index (κ3) is 6.35. The summed E-state index contributed by atoms with van der Waals surface area (Å²) in [6.07, 6.45) is 0.819. The minimum Gasteiger partial charge on any atom is -0.368 e. The lowest BCUT2D eigenvalue weighted by molar-refractivity contribution is -0.131. The summed E-state index contributed by atoms with van der Waals surface area (Å²) in [7, 11) is 0. The number of piperidine rings is 1. The lowest BCUT2D eigenvalue weighted by atomic mass is 9.95. The summed E-state index contributed by atoms with van der Waals surface area (Å²) in [5.41, 5.74) is 7.21. The van der Waals surface area contributed by atoms with Crippen LogP contribution in [0.3, 0.4) is 0 Å². The Kier molecular flexibility index (Phi) is 8.24. The number of benzene rings is 1. The maximum atomic E-state index is 13.5. The van der Waals surface area contributed by atoms with Gasteiger partial charge in [-0.3, -0.25) is 19.2 Å². The van der Waals surface area contributed by atoms with Crippen LogP contribution in [-0.2, 0) is 16.0 Å². The van der Waals surface area contributed by atoms with E-state index in [0.29, 0.717) is 17.0 Å². The number of aryl methyl sites for hydroxylation is 2. The summed E-state index contributed by atoms with van der Waals surface area (Å²) in [5, 5.41) is 11.9. The van der Waals surface area contributed by atoms with Crippen LogP contribution < -0.4 is 16.4 Å². The second-order valence-electron chi connectivity index (χ2n) is 8.80. The first-order valence-electron chi connectivity index (χ1n) is 11.7. The van der Waals surface area contributed by atoms with Crippen molar-refractivity contribution in [2.24, 2.45) is 5.73 Å². The highest BCUT2D eigenvalue weighted by Gasteiger charge is 2.39. The van der Waals surface area contributed by atoms with Crippen LogP contribution in [0.4, 0.5) is 0 Å². The van der Waals surface area contributed by atoms with Crippen molar-refractivity contribution in [2.75, 3.05) is 6.54 Å². The molecule has 0 aliphatic carbocycles. The van der Waals surface area contributed by atoms with Crippen LogP contribution in [0.25, 0.3) is 0 Å². The maximum absolute atomic E-state index is 13.5. The molecule has 1 saturated heterocycles. The van der Waals surface area contributed by atoms with Gasteiger partial charge in [-0.05, 0) is 43.8 Å². The number of aromatic nitrogens is 3. The molecule has 2 aromatic heterocycles. The summed E-state index contributed by atoms with van der Waals surface area (Å²) in [6, 6.07) is 6.91. The molecule has 0 saturated carbocycles. The standard InChI is InChI=1S/C24H27N7O4S2/c1-13-20(37-30-29-13)23(34)27-16-8-9-31(24(35)18-12-36-14(2)26-18)19(11-16)22(33)28-17(21(25)32)10-15-6-4-3-5-7-15/h3-7,12,16-17,19H,8-11H2,1-2H3,(H2,25,32)(H,27,34)(H,28,33)/t16-,17+,19-/m0/s1. The number of nitrogens with zero attached hydrogens (tertiary/aromatic N) is 4. The Bertz CT molecular complexity index is 1290. The molecule has 0 bridgehead atoms. The van der Waals surface area contributed by atoms with Gasteiger partial charge in [-0.25, -0.2) is 4.98 Å². The van der Waals surface area contributed by atoms with E-state index in [0.717, 1.165) is 22.1 Å². The predicted molar refractivity (Wildman–Crippen MR) is 138 cm³/mol. The van der Waals surface area contributed by atoms with Crippen LogP contribution in [0.1, 0.15) is 49.3 Å². The van der Waals surface area contributed by atoms with Gasteiger partial charge in [0.25, 0.3) is 11.8 Å². The minimum absolute atomic E-state index is 0.161. The fraction of sp³-hybridized carbons (Fsp3) is 0.375. The molecule has 1 aromatic carbocycles. The van der Waals surface area contributed by atoms with Crippen molar-refractivity contribution < 1.29 is 19.2 Å². The molecule has 0 spiro atoms. The molecule has 4 N–H and O–H groups in total. The van der Waals surface area contributed by atoms with E-state index in [1.54, 1.807) is 19.2 Å². The first kappa shape index (κ1) is 26.4. The van der Waals surface area contributed by atoms with Gasteiger partial charge in [0.2, 0.25) is 11.8 Å². The molecule has 37 heavy (non-hydrogen) atoms. The summed E-state index contributed by atoms with van der Waals surface area (Å²) in [4.78, 5) is 57.9. The van der Waals surface area contributed by atoms with E-state index < -0.39 is 23.9 Å². The van der Waals surface area contributed by atoms with Crippen LogP contribution in [0.15, 0.2) is 35.7 Å². The zero-order chi connectivity index (χ0) is 26.5. The maximum Gasteiger partial charge on any atom is 0.274 e. The highest BCUT2D eigenvalue weighted by atomic mass is 32.1. The van der Waals surface area contributed by atoms with Gasteiger partial charge < -0.3 is 21.3 Å². The van der Waals surface area contributed by atoms with E-state index in [4.69, 9.17) is 5.73 Å². The van der Waals surface area contributed by atoms with Crippen LogP contribution in [0.5, 0.6) is 0 Å². The lowest BCUT2D eigenvalue weighted by Gasteiger charge is -2.39. The minimum atomic E-state index is -0.964. The lowest BCUT2D eigenvalue weighted by Crippen LogP contribution is -2.59. The normalized spacial score (nSPS) is 18.2. The van der Waals surface area contributed by atoms with Crippen molar-refractivity contribution in [3.8, 4) is 0 Å². The number of primary amides is 1. The Morgan fingerprint density at radius 2 is 1.95 bits per heavy atom. The molecule has 1 aliphatic heterocycles. The molecule has 3 heterocycles. The van der Waals surface area contributed by atoms with Crippen molar-refractivity contribution in [1.29, 1.82) is 0 Å². The first-order chi connectivity index (χ1) is 17.7. The van der Waals surface area contributed by atoms with Gasteiger partial charge in [-0.15, -0.1) is 16.4 Å². The Morgan fingerprint density at radius 1 is 1.19 bits per heavy atom. The van der Waals surface area contributed by atoms with Crippen molar-refractivity contribution in [3.05, 3.63) is 62.5 Å². The molecule has 0 unspecified atom stereocenters. The molecular weight excluding hydrogens is 514 g/mol. The number of rotatable bonds is 8. The van der Waals surface area contributed by atoms with Crippen molar-refractivity contribution in [2.45, 2.75) is 51.2 Å². The van der Waals surface area contributed by atoms with Gasteiger partial charge in [0.1, 0.15) is 22.7 Å². The first-order valence-corrected chi connectivity index (χ1v) is 13.3. The zero-order valence-corrected chi connectivity index (χ0v) is 22.0. The molecule has 1 fully saturated rings. The van der Waals surface area contributed by atoms with Gasteiger partial charge in [-0.2, -0.15) is 0 Å². The number of likely N-dealkylation sites (tertiary alicyclic amines) is 1. The summed E-state index contributed by atoms with van der Waals surface area (Å²) >= 11 is 2.34. The number of nitrogens with one attached hydrogen (secondary N) is 2. The second-order valence-corrected chi connectivity index (χ2v) is 10.6. The Hall–Kier alpha value is -3.71. The van der Waals surface area contributed by atoms with Gasteiger partial charge >= 0.3 is 0 Å². The number of nitrogens with two attached hydrogens (primary N) is 1. The van der Waals surface area contributed by atoms with E-state index in [9.17, 15) is 19.2 Å². The fourth-order valence-electron chi connectivity index (χ4n) is 4.23. The van der Waals surface area contributed by atoms with E-state index >= 15 is 0 Å². The molecule has 3 aromatic rings. The highest BCUT2D eigenvalue weighted by Crippen LogP contribution is 2.23. The number of carbonyl (C=O) groups is 4. The Labute approximate surface area is 221 Å². The second kappa shape index (κ2) is 11.6. The SMILES string of the molecule is Cc1nc(C(=O)N2CC[C@H](NC(=O)c3snnc3C)C[C@H]2C(=O)N[C@H](Cc2ccccc2)C(N)=O)cs1. The molecule has 3 atom stereocenters. The van der Waals surface area contributed by atoms with Crippen molar-refractivity contribution in [3.63, 3.8) is 0 Å². The third-order valence-corrected chi connectivity index (χ3v) is 7.74. The molecule has 194 valence electrons. The van der Waals surface area contributed by atoms with E-state index in [2.05, 4.69) is 25.2 Å². The molecular formula is C24H27N7O4S2. The topological polar surface area (TPSA) is 160 Å². The molecule has 4 amide bonds. The average molecular weight is 542 g/mol. The highest BCUT2D eigenvalue weighted by molar-refractivity contribution is 7.09. The molecule has 0 radical (unpaired) electrons. The summed E-state index contributed by atoms with van der Waals surface area (Å²) in [5.74, 6) is -1.91. The van der Waals surface area contributed by atoms with Crippen LogP contribution in [0, 0.1) is 13.8 Å². The van der Waals surface area contributed by atoms with E-state index in [-0.39, 0.29) is 42.9 Å². The summed E-state index contributed by atoms with van der Waals surface area (Å²) in [6.45, 7) is 3.71. The average Bonchev–Trinajstić information content (AvgIpc) is 3.51. The quantitative estimate of drug-likeness (QED) is 0.386. The smallest absolute Gasteiger partial charge is 0.274 e. The van der Waals surface area contributed by atoms with E-state index in [1.165, 1.54) is 16.2 Å². The zero-order valence-electron chi connectivity index (χ0n) is 20.3. The number of thiazole rings is 1. The number of hydrogen-bond acceptors (Lipinski definition) is 9. The van der Waals surface area contributed by atoms with Gasteiger partial charge in [0.05, 0.1) is 10.7 Å². The van der Waals surface area contributed by atoms with Gasteiger partial charge in [-0.1, -0.05) is 34.8 Å². The van der Waals surface area contributed by atoms with Crippen LogP contribution in [-0.4, -0.2) is 67.8 Å². The molecule has 13 heteroatoms. The molecule has 4 rings (SSSR count). The third-order valence-electron chi connectivity index (χ3n) is 6.14. The molecule has 11 nitrogen and oxygen atoms in total. The van der Waals surface area contributed by atoms with Crippen molar-refractivity contribution >= 4 is 46.5 Å². The number of carbonyl (C=O) groups excluding carboxylic acids is 4. The summed E-state index contributed by atoms with van der Waals surface area (Å²) < 4.78 is 3.80. The van der Waals surface area contributed by atoms with Crippen LogP contribution >= 0.6 is 22.9 Å². The molecule has 1 aliphatic rings. The van der Waals surface area contributed by atoms with E-state index in [1.807, 2.05) is 30.3 Å². The van der Waals surface area contributed by atoms with Crippen LogP contribution in [0.2, 0.25) is 0 Å². The monoisotopic (exact) mass is 541 g/mol. The van der Waals surface area contributed by atoms with Crippen molar-refractivity contribution in [1.82, 2.24) is 30.1 Å². The number of hydrogen-bond donors (Lipinski definition) is 3. The predicted octanol–water partition coefficient (Wildman–Crippen LogP) is 1.23. The van der Waals surface area contributed by atoms with Gasteiger partial charge in [0, 0.05) is 24.4 Å². The Morgan fingerprint density at radius 3 is 2.57 bits per heavy atom. The largest absolute Gasteiger partial charge is 0.368 e. The Balaban J connectivity index is 1.53.